The molecule has 7 heteroatoms. The van der Waals surface area contributed by atoms with Crippen LogP contribution in [-0.2, 0) is 9.53 Å². The minimum absolute atomic E-state index is 0.280. The van der Waals surface area contributed by atoms with Gasteiger partial charge in [0, 0.05) is 0 Å². The molecule has 0 N–H and O–H groups in total. The molecule has 25 heavy (non-hydrogen) atoms. The summed E-state index contributed by atoms with van der Waals surface area (Å²) in [5.74, 6) is -0.765. The lowest BCUT2D eigenvalue weighted by molar-refractivity contribution is -0.142. The lowest BCUT2D eigenvalue weighted by Crippen LogP contribution is -2.14. The highest BCUT2D eigenvalue weighted by Crippen LogP contribution is 2.36. The van der Waals surface area contributed by atoms with Gasteiger partial charge in [-0.25, -0.2) is 4.39 Å². The molecule has 0 unspecified atom stereocenters. The molecule has 5 nitrogen and oxygen atoms in total. The second-order valence-electron chi connectivity index (χ2n) is 5.10. The van der Waals surface area contributed by atoms with E-state index in [0.29, 0.717) is 10.8 Å². The average Bonchev–Trinajstić information content (AvgIpc) is 3.09. The van der Waals surface area contributed by atoms with Crippen LogP contribution in [0.3, 0.4) is 0 Å². The van der Waals surface area contributed by atoms with Crippen LogP contribution in [0.4, 0.5) is 4.39 Å². The van der Waals surface area contributed by atoms with E-state index in [1.165, 1.54) is 28.7 Å². The Balaban J connectivity index is 1.95. The van der Waals surface area contributed by atoms with Crippen LogP contribution in [-0.4, -0.2) is 27.3 Å². The minimum atomic E-state index is -0.615. The fourth-order valence-corrected chi connectivity index (χ4v) is 3.34. The Kier molecular flexibility index (Phi) is 5.45. The average molecular weight is 357 g/mol. The minimum Gasteiger partial charge on any atom is -0.465 e. The van der Waals surface area contributed by atoms with E-state index in [1.54, 1.807) is 25.1 Å². The van der Waals surface area contributed by atoms with Gasteiger partial charge >= 0.3 is 5.97 Å². The van der Waals surface area contributed by atoms with Gasteiger partial charge in [-0.3, -0.25) is 9.36 Å². The number of benzene rings is 2. The van der Waals surface area contributed by atoms with E-state index in [-0.39, 0.29) is 12.6 Å². The van der Waals surface area contributed by atoms with Gasteiger partial charge in [-0.1, -0.05) is 54.2 Å². The molecule has 0 fully saturated rings. The van der Waals surface area contributed by atoms with Crippen molar-refractivity contribution >= 4 is 17.7 Å². The van der Waals surface area contributed by atoms with Crippen LogP contribution in [0.25, 0.3) is 5.69 Å². The first-order valence-corrected chi connectivity index (χ1v) is 8.62. The number of hydrogen-bond acceptors (Lipinski definition) is 5. The number of thioether (sulfide) groups is 1. The Labute approximate surface area is 148 Å². The van der Waals surface area contributed by atoms with E-state index in [0.717, 1.165) is 5.56 Å². The number of aromatic nitrogens is 3. The van der Waals surface area contributed by atoms with E-state index in [2.05, 4.69) is 10.2 Å². The number of halogens is 1. The molecule has 0 amide bonds. The van der Waals surface area contributed by atoms with Crippen molar-refractivity contribution in [2.24, 2.45) is 0 Å². The largest absolute Gasteiger partial charge is 0.465 e. The molecule has 0 aliphatic rings. The first kappa shape index (κ1) is 17.2. The first-order valence-electron chi connectivity index (χ1n) is 7.74. The lowest BCUT2D eigenvalue weighted by atomic mass is 10.1. The second-order valence-corrected chi connectivity index (χ2v) is 6.17. The van der Waals surface area contributed by atoms with Crippen LogP contribution >= 0.6 is 11.8 Å². The van der Waals surface area contributed by atoms with Crippen LogP contribution in [0.1, 0.15) is 17.7 Å². The number of esters is 1. The Bertz CT molecular complexity index is 854. The Hall–Kier alpha value is -2.67. The summed E-state index contributed by atoms with van der Waals surface area (Å²) in [6.07, 6.45) is 1.42. The third-order valence-electron chi connectivity index (χ3n) is 3.45. The van der Waals surface area contributed by atoms with Gasteiger partial charge in [0.2, 0.25) is 0 Å². The maximum absolute atomic E-state index is 14.1. The van der Waals surface area contributed by atoms with Gasteiger partial charge in [-0.15, -0.1) is 10.2 Å². The molecule has 0 saturated carbocycles. The number of ether oxygens (including phenoxy) is 1. The molecule has 0 aliphatic heterocycles. The number of carbonyl (C=O) groups is 1. The normalized spacial score (nSPS) is 11.9. The smallest absolute Gasteiger partial charge is 0.324 e. The van der Waals surface area contributed by atoms with E-state index in [4.69, 9.17) is 4.74 Å². The van der Waals surface area contributed by atoms with Crippen LogP contribution in [0.5, 0.6) is 0 Å². The SMILES string of the molecule is CCOC(=O)[C@@H](Sc1nncn1-c1ccccc1F)c1ccccc1. The molecule has 2 aromatic carbocycles. The summed E-state index contributed by atoms with van der Waals surface area (Å²) in [4.78, 5) is 12.4. The quantitative estimate of drug-likeness (QED) is 0.496. The number of para-hydroxylation sites is 1. The zero-order chi connectivity index (χ0) is 17.6. The highest BCUT2D eigenvalue weighted by Gasteiger charge is 2.26. The molecule has 3 aromatic rings. The van der Waals surface area contributed by atoms with Gasteiger partial charge in [0.05, 0.1) is 12.3 Å². The Morgan fingerprint density at radius 1 is 1.20 bits per heavy atom. The van der Waals surface area contributed by atoms with Gasteiger partial charge in [-0.05, 0) is 24.6 Å². The predicted octanol–water partition coefficient (Wildman–Crippen LogP) is 3.80. The molecule has 0 bridgehead atoms. The molecule has 3 rings (SSSR count). The van der Waals surface area contributed by atoms with Crippen molar-refractivity contribution < 1.29 is 13.9 Å². The summed E-state index contributed by atoms with van der Waals surface area (Å²) >= 11 is 1.17. The number of carbonyl (C=O) groups excluding carboxylic acids is 1. The van der Waals surface area contributed by atoms with Gasteiger partial charge in [0.15, 0.2) is 5.16 Å². The zero-order valence-electron chi connectivity index (χ0n) is 13.5. The highest BCUT2D eigenvalue weighted by molar-refractivity contribution is 8.00. The molecular formula is C18H16FN3O2S. The first-order chi connectivity index (χ1) is 12.2. The highest BCUT2D eigenvalue weighted by atomic mass is 32.2. The monoisotopic (exact) mass is 357 g/mol. The predicted molar refractivity (Wildman–Crippen MR) is 93.0 cm³/mol. The van der Waals surface area contributed by atoms with Crippen LogP contribution in [0, 0.1) is 5.82 Å². The number of rotatable bonds is 6. The van der Waals surface area contributed by atoms with Crippen molar-refractivity contribution in [2.45, 2.75) is 17.3 Å². The fraction of sp³-hybridized carbons (Fsp3) is 0.167. The van der Waals surface area contributed by atoms with E-state index in [1.807, 2.05) is 30.3 Å². The van der Waals surface area contributed by atoms with Crippen LogP contribution < -0.4 is 0 Å². The molecule has 1 aromatic heterocycles. The van der Waals surface area contributed by atoms with Crippen molar-refractivity contribution in [2.75, 3.05) is 6.61 Å². The zero-order valence-corrected chi connectivity index (χ0v) is 14.3. The molecule has 0 radical (unpaired) electrons. The maximum atomic E-state index is 14.1. The maximum Gasteiger partial charge on any atom is 0.324 e. The molecule has 0 saturated heterocycles. The summed E-state index contributed by atoms with van der Waals surface area (Å²) < 4.78 is 20.8. The van der Waals surface area contributed by atoms with Crippen molar-refractivity contribution in [3.05, 3.63) is 72.3 Å². The molecule has 0 spiro atoms. The van der Waals surface area contributed by atoms with Gasteiger partial charge < -0.3 is 4.74 Å². The third kappa shape index (κ3) is 3.88. The lowest BCUT2D eigenvalue weighted by Gasteiger charge is -2.15. The molecule has 1 heterocycles. The molecule has 1 atom stereocenters. The van der Waals surface area contributed by atoms with Gasteiger partial charge in [-0.2, -0.15) is 0 Å². The van der Waals surface area contributed by atoms with Crippen LogP contribution in [0.2, 0.25) is 0 Å². The number of nitrogens with zero attached hydrogens (tertiary/aromatic N) is 3. The topological polar surface area (TPSA) is 57.0 Å². The summed E-state index contributed by atoms with van der Waals surface area (Å²) in [5.41, 5.74) is 1.11. The standard InChI is InChI=1S/C18H16FN3O2S/c1-2-24-17(23)16(13-8-4-3-5-9-13)25-18-21-20-12-22(18)15-11-7-6-10-14(15)19/h3-12,16H,2H2,1H3/t16-/m0/s1. The van der Waals surface area contributed by atoms with Crippen molar-refractivity contribution in [1.29, 1.82) is 0 Å². The van der Waals surface area contributed by atoms with Crippen molar-refractivity contribution in [1.82, 2.24) is 14.8 Å². The summed E-state index contributed by atoms with van der Waals surface area (Å²) in [7, 11) is 0. The Morgan fingerprint density at radius 2 is 1.92 bits per heavy atom. The molecular weight excluding hydrogens is 341 g/mol. The third-order valence-corrected chi connectivity index (χ3v) is 4.64. The van der Waals surface area contributed by atoms with Gasteiger partial charge in [0.25, 0.3) is 0 Å². The van der Waals surface area contributed by atoms with Crippen LogP contribution in [0.15, 0.2) is 66.1 Å². The summed E-state index contributed by atoms with van der Waals surface area (Å²) in [5, 5.41) is 7.70. The van der Waals surface area contributed by atoms with Crippen molar-refractivity contribution in [3.63, 3.8) is 0 Å². The summed E-state index contributed by atoms with van der Waals surface area (Å²) in [6.45, 7) is 2.04. The summed E-state index contributed by atoms with van der Waals surface area (Å²) in [6, 6.07) is 15.6. The Morgan fingerprint density at radius 3 is 2.64 bits per heavy atom. The molecule has 128 valence electrons. The fourth-order valence-electron chi connectivity index (χ4n) is 2.32. The molecule has 0 aliphatic carbocycles. The van der Waals surface area contributed by atoms with Gasteiger partial charge in [0.1, 0.15) is 17.4 Å². The van der Waals surface area contributed by atoms with Crippen molar-refractivity contribution in [3.8, 4) is 5.69 Å². The second kappa shape index (κ2) is 7.94. The van der Waals surface area contributed by atoms with E-state index < -0.39 is 11.1 Å². The van der Waals surface area contributed by atoms with E-state index >= 15 is 0 Å². The number of hydrogen-bond donors (Lipinski definition) is 0. The van der Waals surface area contributed by atoms with E-state index in [9.17, 15) is 9.18 Å².